The highest BCUT2D eigenvalue weighted by molar-refractivity contribution is 5.82. The van der Waals surface area contributed by atoms with E-state index in [1.165, 1.54) is 16.7 Å². The normalized spacial score (nSPS) is 11.5. The van der Waals surface area contributed by atoms with Crippen molar-refractivity contribution in [1.29, 1.82) is 0 Å². The summed E-state index contributed by atoms with van der Waals surface area (Å²) in [6, 6.07) is 26.8. The van der Waals surface area contributed by atoms with Crippen LogP contribution in [0.3, 0.4) is 0 Å². The average molecular weight is 412 g/mol. The fourth-order valence-electron chi connectivity index (χ4n) is 4.24. The molecule has 0 bridgehead atoms. The number of rotatable bonds is 7. The molecule has 3 nitrogen and oxygen atoms in total. The van der Waals surface area contributed by atoms with E-state index in [1.807, 2.05) is 18.2 Å². The minimum atomic E-state index is -0.293. The molecule has 0 spiro atoms. The molecule has 0 radical (unpaired) electrons. The van der Waals surface area contributed by atoms with Crippen LogP contribution in [0.25, 0.3) is 11.0 Å². The van der Waals surface area contributed by atoms with E-state index in [4.69, 9.17) is 4.42 Å². The second-order valence-electron chi connectivity index (χ2n) is 8.57. The van der Waals surface area contributed by atoms with Crippen LogP contribution in [0.2, 0.25) is 0 Å². The zero-order chi connectivity index (χ0) is 21.8. The second-order valence-corrected chi connectivity index (χ2v) is 8.57. The Kier molecular flexibility index (Phi) is 6.34. The number of aryl methyl sites for hydroxylation is 1. The molecule has 0 aliphatic heterocycles. The van der Waals surface area contributed by atoms with Gasteiger partial charge in [-0.1, -0.05) is 74.5 Å². The van der Waals surface area contributed by atoms with Crippen LogP contribution in [0.4, 0.5) is 0 Å². The van der Waals surface area contributed by atoms with E-state index in [1.54, 1.807) is 6.07 Å². The lowest BCUT2D eigenvalue weighted by Gasteiger charge is -2.24. The van der Waals surface area contributed by atoms with Gasteiger partial charge in [0.1, 0.15) is 5.58 Å². The van der Waals surface area contributed by atoms with Gasteiger partial charge < -0.3 is 4.42 Å². The number of benzene rings is 3. The third-order valence-electron chi connectivity index (χ3n) is 5.73. The minimum absolute atomic E-state index is 0.293. The first-order valence-electron chi connectivity index (χ1n) is 10.9. The van der Waals surface area contributed by atoms with Crippen LogP contribution in [0, 0.1) is 6.92 Å². The van der Waals surface area contributed by atoms with Crippen LogP contribution in [0.5, 0.6) is 0 Å². The molecule has 0 unspecified atom stereocenters. The molecule has 0 atom stereocenters. The number of fused-ring (bicyclic) bond motifs is 1. The fraction of sp³-hybridized carbons (Fsp3) is 0.250. The van der Waals surface area contributed by atoms with Crippen LogP contribution in [-0.2, 0) is 19.6 Å². The first-order chi connectivity index (χ1) is 15.0. The van der Waals surface area contributed by atoms with Gasteiger partial charge in [0.05, 0.1) is 0 Å². The number of nitrogens with zero attached hydrogens (tertiary/aromatic N) is 1. The van der Waals surface area contributed by atoms with E-state index < -0.39 is 0 Å². The van der Waals surface area contributed by atoms with Gasteiger partial charge in [-0.3, -0.25) is 4.90 Å². The third kappa shape index (κ3) is 5.12. The van der Waals surface area contributed by atoms with E-state index in [-0.39, 0.29) is 5.63 Å². The van der Waals surface area contributed by atoms with E-state index in [9.17, 15) is 4.79 Å². The summed E-state index contributed by atoms with van der Waals surface area (Å²) in [6.45, 7) is 8.76. The van der Waals surface area contributed by atoms with Gasteiger partial charge in [-0.05, 0) is 52.8 Å². The SMILES string of the molecule is Cc1cc2oc(=O)cc(CN(Cc3ccccc3)Cc3ccccc3)c2cc1C(C)C. The van der Waals surface area contributed by atoms with E-state index >= 15 is 0 Å². The van der Waals surface area contributed by atoms with E-state index in [2.05, 4.69) is 80.3 Å². The molecule has 3 aromatic carbocycles. The topological polar surface area (TPSA) is 33.5 Å². The van der Waals surface area contributed by atoms with Crippen molar-refractivity contribution in [2.24, 2.45) is 0 Å². The Morgan fingerprint density at radius 1 is 0.806 bits per heavy atom. The quantitative estimate of drug-likeness (QED) is 0.329. The summed E-state index contributed by atoms with van der Waals surface area (Å²) in [5.74, 6) is 0.411. The van der Waals surface area contributed by atoms with Crippen LogP contribution in [0.1, 0.15) is 47.6 Å². The molecule has 0 saturated carbocycles. The molecule has 0 fully saturated rings. The highest BCUT2D eigenvalue weighted by Crippen LogP contribution is 2.28. The summed E-state index contributed by atoms with van der Waals surface area (Å²) in [5.41, 5.74) is 6.35. The second kappa shape index (κ2) is 9.32. The van der Waals surface area contributed by atoms with Gasteiger partial charge >= 0.3 is 5.63 Å². The molecule has 4 aromatic rings. The lowest BCUT2D eigenvalue weighted by Crippen LogP contribution is -2.23. The highest BCUT2D eigenvalue weighted by atomic mass is 16.4. The van der Waals surface area contributed by atoms with Gasteiger partial charge in [-0.25, -0.2) is 4.79 Å². The molecule has 1 heterocycles. The van der Waals surface area contributed by atoms with Gasteiger partial charge in [0.25, 0.3) is 0 Å². The van der Waals surface area contributed by atoms with Gasteiger partial charge in [0.2, 0.25) is 0 Å². The highest BCUT2D eigenvalue weighted by Gasteiger charge is 2.15. The summed E-state index contributed by atoms with van der Waals surface area (Å²) < 4.78 is 5.56. The van der Waals surface area contributed by atoms with Gasteiger partial charge in [0.15, 0.2) is 0 Å². The molecule has 3 heteroatoms. The van der Waals surface area contributed by atoms with Crippen molar-refractivity contribution in [3.63, 3.8) is 0 Å². The predicted octanol–water partition coefficient (Wildman–Crippen LogP) is 6.43. The van der Waals surface area contributed by atoms with Gasteiger partial charge in [0, 0.05) is 31.1 Å². The van der Waals surface area contributed by atoms with Crippen molar-refractivity contribution in [2.75, 3.05) is 0 Å². The van der Waals surface area contributed by atoms with Crippen LogP contribution < -0.4 is 5.63 Å². The van der Waals surface area contributed by atoms with Crippen LogP contribution in [-0.4, -0.2) is 4.90 Å². The Hall–Kier alpha value is -3.17. The lowest BCUT2D eigenvalue weighted by atomic mass is 9.94. The molecule has 0 aliphatic carbocycles. The molecule has 31 heavy (non-hydrogen) atoms. The van der Waals surface area contributed by atoms with Crippen LogP contribution >= 0.6 is 0 Å². The Morgan fingerprint density at radius 3 is 1.94 bits per heavy atom. The molecule has 0 N–H and O–H groups in total. The van der Waals surface area contributed by atoms with E-state index in [0.29, 0.717) is 18.0 Å². The number of hydrogen-bond donors (Lipinski definition) is 0. The summed E-state index contributed by atoms with van der Waals surface area (Å²) >= 11 is 0. The smallest absolute Gasteiger partial charge is 0.336 e. The summed E-state index contributed by atoms with van der Waals surface area (Å²) in [4.78, 5) is 14.7. The first-order valence-corrected chi connectivity index (χ1v) is 10.9. The standard InChI is InChI=1S/C28H29NO2/c1-20(2)25-16-26-24(15-28(30)31-27(26)14-21(25)3)19-29(17-22-10-6-4-7-11-22)18-23-12-8-5-9-13-23/h4-16,20H,17-19H2,1-3H3. The molecule has 158 valence electrons. The Morgan fingerprint density at radius 2 is 1.39 bits per heavy atom. The monoisotopic (exact) mass is 411 g/mol. The Labute approximate surface area is 184 Å². The van der Waals surface area contributed by atoms with Crippen molar-refractivity contribution < 1.29 is 4.42 Å². The van der Waals surface area contributed by atoms with Crippen molar-refractivity contribution in [2.45, 2.75) is 46.3 Å². The summed E-state index contributed by atoms with van der Waals surface area (Å²) in [5, 5.41) is 1.03. The fourth-order valence-corrected chi connectivity index (χ4v) is 4.24. The molecular weight excluding hydrogens is 382 g/mol. The molecule has 1 aromatic heterocycles. The maximum absolute atomic E-state index is 12.3. The van der Waals surface area contributed by atoms with Crippen LogP contribution in [0.15, 0.2) is 88.1 Å². The van der Waals surface area contributed by atoms with E-state index in [0.717, 1.165) is 29.6 Å². The summed E-state index contributed by atoms with van der Waals surface area (Å²) in [7, 11) is 0. The third-order valence-corrected chi connectivity index (χ3v) is 5.73. The maximum Gasteiger partial charge on any atom is 0.336 e. The molecule has 4 rings (SSSR count). The van der Waals surface area contributed by atoms with Crippen molar-refractivity contribution >= 4 is 11.0 Å². The Balaban J connectivity index is 1.74. The number of hydrogen-bond acceptors (Lipinski definition) is 3. The average Bonchev–Trinajstić information content (AvgIpc) is 2.74. The minimum Gasteiger partial charge on any atom is -0.423 e. The lowest BCUT2D eigenvalue weighted by molar-refractivity contribution is 0.248. The van der Waals surface area contributed by atoms with Crippen molar-refractivity contribution in [3.8, 4) is 0 Å². The Bertz CT molecular complexity index is 1170. The first kappa shape index (κ1) is 21.1. The molecular formula is C28H29NO2. The largest absolute Gasteiger partial charge is 0.423 e. The molecule has 0 amide bonds. The zero-order valence-electron chi connectivity index (χ0n) is 18.5. The zero-order valence-corrected chi connectivity index (χ0v) is 18.5. The predicted molar refractivity (Wildman–Crippen MR) is 127 cm³/mol. The van der Waals surface area contributed by atoms with Crippen molar-refractivity contribution in [1.82, 2.24) is 4.90 Å². The maximum atomic E-state index is 12.3. The van der Waals surface area contributed by atoms with Gasteiger partial charge in [-0.15, -0.1) is 0 Å². The molecule has 0 aliphatic rings. The van der Waals surface area contributed by atoms with Crippen molar-refractivity contribution in [3.05, 3.63) is 117 Å². The summed E-state index contributed by atoms with van der Waals surface area (Å²) in [6.07, 6.45) is 0. The molecule has 0 saturated heterocycles. The van der Waals surface area contributed by atoms with Gasteiger partial charge in [-0.2, -0.15) is 0 Å².